The van der Waals surface area contributed by atoms with Gasteiger partial charge in [0.15, 0.2) is 5.58 Å². The molecule has 0 amide bonds. The summed E-state index contributed by atoms with van der Waals surface area (Å²) in [5.74, 6) is 0. The van der Waals surface area contributed by atoms with Gasteiger partial charge in [0.1, 0.15) is 5.58 Å². The molecule has 2 aromatic heterocycles. The summed E-state index contributed by atoms with van der Waals surface area (Å²) >= 11 is 0. The lowest BCUT2D eigenvalue weighted by Crippen LogP contribution is -2.10. The van der Waals surface area contributed by atoms with Crippen LogP contribution in [-0.4, -0.2) is 4.57 Å². The SMILES string of the molecule is c1ccc(-c2ccc(-c3cccc4c3c3ccc(N(c5ccccc5)c5cccc6c5oc5ccccc56)cc3n4-c3ccccc3)cc2)cc1. The van der Waals surface area contributed by atoms with E-state index in [4.69, 9.17) is 4.42 Å². The summed E-state index contributed by atoms with van der Waals surface area (Å²) in [7, 11) is 0. The van der Waals surface area contributed by atoms with Crippen molar-refractivity contribution in [3.05, 3.63) is 194 Å². The molecule has 3 nitrogen and oxygen atoms in total. The van der Waals surface area contributed by atoms with Gasteiger partial charge in [0, 0.05) is 38.6 Å². The highest BCUT2D eigenvalue weighted by Gasteiger charge is 2.22. The lowest BCUT2D eigenvalue weighted by molar-refractivity contribution is 0.669. The van der Waals surface area contributed by atoms with Crippen molar-refractivity contribution in [3.63, 3.8) is 0 Å². The highest BCUT2D eigenvalue weighted by molar-refractivity contribution is 6.17. The van der Waals surface area contributed by atoms with E-state index in [1.807, 2.05) is 12.1 Å². The molecule has 0 saturated carbocycles. The van der Waals surface area contributed by atoms with E-state index in [2.05, 4.69) is 191 Å². The van der Waals surface area contributed by atoms with Crippen LogP contribution in [0.3, 0.4) is 0 Å². The van der Waals surface area contributed by atoms with E-state index in [0.29, 0.717) is 0 Å². The van der Waals surface area contributed by atoms with Crippen LogP contribution < -0.4 is 4.90 Å². The number of fused-ring (bicyclic) bond motifs is 6. The second-order valence-electron chi connectivity index (χ2n) is 12.9. The van der Waals surface area contributed by atoms with Crippen LogP contribution in [0.4, 0.5) is 17.1 Å². The number of rotatable bonds is 6. The number of hydrogen-bond acceptors (Lipinski definition) is 2. The van der Waals surface area contributed by atoms with Crippen LogP contribution in [0.2, 0.25) is 0 Å². The van der Waals surface area contributed by atoms with Crippen LogP contribution >= 0.6 is 0 Å². The van der Waals surface area contributed by atoms with E-state index in [1.165, 1.54) is 38.5 Å². The van der Waals surface area contributed by atoms with Gasteiger partial charge in [-0.3, -0.25) is 0 Å². The molecular weight excluding hydrogens is 621 g/mol. The minimum Gasteiger partial charge on any atom is -0.454 e. The molecule has 0 bridgehead atoms. The Labute approximate surface area is 295 Å². The molecular formula is C48H32N2O. The zero-order chi connectivity index (χ0) is 33.7. The predicted molar refractivity (Wildman–Crippen MR) is 214 cm³/mol. The fraction of sp³-hybridized carbons (Fsp3) is 0. The third kappa shape index (κ3) is 4.82. The molecule has 3 heteroatoms. The zero-order valence-electron chi connectivity index (χ0n) is 27.8. The average molecular weight is 653 g/mol. The normalized spacial score (nSPS) is 11.5. The van der Waals surface area contributed by atoms with Gasteiger partial charge in [0.2, 0.25) is 0 Å². The maximum Gasteiger partial charge on any atom is 0.159 e. The Kier molecular flexibility index (Phi) is 6.81. The molecule has 0 N–H and O–H groups in total. The van der Waals surface area contributed by atoms with E-state index in [1.54, 1.807) is 0 Å². The van der Waals surface area contributed by atoms with Crippen LogP contribution in [0.1, 0.15) is 0 Å². The van der Waals surface area contributed by atoms with Crippen LogP contribution in [0.15, 0.2) is 199 Å². The van der Waals surface area contributed by atoms with Gasteiger partial charge in [0.05, 0.1) is 16.7 Å². The molecule has 0 unspecified atom stereocenters. The molecule has 0 aliphatic heterocycles. The van der Waals surface area contributed by atoms with Crippen LogP contribution in [0.25, 0.3) is 71.7 Å². The fourth-order valence-electron chi connectivity index (χ4n) is 7.68. The summed E-state index contributed by atoms with van der Waals surface area (Å²) in [4.78, 5) is 2.32. The summed E-state index contributed by atoms with van der Waals surface area (Å²) in [5.41, 5.74) is 13.1. The number of para-hydroxylation sites is 4. The summed E-state index contributed by atoms with van der Waals surface area (Å²) in [5, 5.41) is 4.66. The number of hydrogen-bond donors (Lipinski definition) is 0. The molecule has 0 fully saturated rings. The van der Waals surface area contributed by atoms with Crippen molar-refractivity contribution in [1.29, 1.82) is 0 Å². The van der Waals surface area contributed by atoms with Crippen molar-refractivity contribution in [2.45, 2.75) is 0 Å². The van der Waals surface area contributed by atoms with Gasteiger partial charge < -0.3 is 13.9 Å². The van der Waals surface area contributed by atoms with Crippen LogP contribution in [0, 0.1) is 0 Å². The Morgan fingerprint density at radius 2 is 1.06 bits per heavy atom. The standard InChI is InChI=1S/C48H32N2O/c1-4-14-33(15-5-1)34-26-28-35(29-27-34)39-21-12-23-43-47(39)42-31-30-38(32-45(42)50(43)37-18-8-3-9-19-37)49(36-16-6-2-7-17-36)44-24-13-22-41-40-20-10-11-25-46(40)51-48(41)44/h1-32H. The molecule has 8 aromatic carbocycles. The van der Waals surface area contributed by atoms with Gasteiger partial charge in [-0.25, -0.2) is 0 Å². The molecule has 0 radical (unpaired) electrons. The van der Waals surface area contributed by atoms with Crippen molar-refractivity contribution < 1.29 is 4.42 Å². The van der Waals surface area contributed by atoms with Gasteiger partial charge in [-0.05, 0) is 76.9 Å². The molecule has 0 aliphatic rings. The molecule has 10 aromatic rings. The molecule has 0 atom stereocenters. The Morgan fingerprint density at radius 1 is 0.412 bits per heavy atom. The monoisotopic (exact) mass is 652 g/mol. The fourth-order valence-corrected chi connectivity index (χ4v) is 7.68. The van der Waals surface area contributed by atoms with E-state index in [9.17, 15) is 0 Å². The van der Waals surface area contributed by atoms with Crippen molar-refractivity contribution >= 4 is 60.8 Å². The van der Waals surface area contributed by atoms with E-state index in [0.717, 1.165) is 50.2 Å². The number of benzene rings is 8. The first-order valence-electron chi connectivity index (χ1n) is 17.4. The van der Waals surface area contributed by atoms with Gasteiger partial charge in [-0.15, -0.1) is 0 Å². The van der Waals surface area contributed by atoms with Crippen molar-refractivity contribution in [3.8, 4) is 27.9 Å². The zero-order valence-corrected chi connectivity index (χ0v) is 27.8. The summed E-state index contributed by atoms with van der Waals surface area (Å²) in [6.45, 7) is 0. The lowest BCUT2D eigenvalue weighted by Gasteiger charge is -2.25. The minimum absolute atomic E-state index is 0.868. The highest BCUT2D eigenvalue weighted by Crippen LogP contribution is 2.45. The largest absolute Gasteiger partial charge is 0.454 e. The van der Waals surface area contributed by atoms with Gasteiger partial charge >= 0.3 is 0 Å². The van der Waals surface area contributed by atoms with Crippen LogP contribution in [0.5, 0.6) is 0 Å². The average Bonchev–Trinajstić information content (AvgIpc) is 3.75. The number of aromatic nitrogens is 1. The maximum absolute atomic E-state index is 6.59. The first kappa shape index (κ1) is 29.1. The second-order valence-corrected chi connectivity index (χ2v) is 12.9. The highest BCUT2D eigenvalue weighted by atomic mass is 16.3. The minimum atomic E-state index is 0.868. The molecule has 2 heterocycles. The molecule has 0 spiro atoms. The van der Waals surface area contributed by atoms with Crippen molar-refractivity contribution in [2.75, 3.05) is 4.90 Å². The van der Waals surface area contributed by atoms with Crippen molar-refractivity contribution in [1.82, 2.24) is 4.57 Å². The maximum atomic E-state index is 6.59. The third-order valence-electron chi connectivity index (χ3n) is 9.99. The van der Waals surface area contributed by atoms with E-state index in [-0.39, 0.29) is 0 Å². The smallest absolute Gasteiger partial charge is 0.159 e. The lowest BCUT2D eigenvalue weighted by atomic mass is 9.97. The molecule has 0 saturated heterocycles. The first-order chi connectivity index (χ1) is 25.3. The summed E-state index contributed by atoms with van der Waals surface area (Å²) < 4.78 is 8.99. The van der Waals surface area contributed by atoms with E-state index < -0.39 is 0 Å². The van der Waals surface area contributed by atoms with E-state index >= 15 is 0 Å². The number of furan rings is 1. The summed E-state index contributed by atoms with van der Waals surface area (Å²) in [6, 6.07) is 69.1. The third-order valence-corrected chi connectivity index (χ3v) is 9.99. The molecule has 10 rings (SSSR count). The first-order valence-corrected chi connectivity index (χ1v) is 17.4. The quantitative estimate of drug-likeness (QED) is 0.178. The van der Waals surface area contributed by atoms with Gasteiger partial charge in [-0.1, -0.05) is 140 Å². The Balaban J connectivity index is 1.22. The molecule has 240 valence electrons. The number of anilines is 3. The summed E-state index contributed by atoms with van der Waals surface area (Å²) in [6.07, 6.45) is 0. The van der Waals surface area contributed by atoms with Gasteiger partial charge in [0.25, 0.3) is 0 Å². The Hall–Kier alpha value is -6.84. The predicted octanol–water partition coefficient (Wildman–Crippen LogP) is 13.5. The Bertz CT molecular complexity index is 2830. The van der Waals surface area contributed by atoms with Crippen molar-refractivity contribution in [2.24, 2.45) is 0 Å². The number of nitrogens with zero attached hydrogens (tertiary/aromatic N) is 2. The molecule has 0 aliphatic carbocycles. The second kappa shape index (κ2) is 11.9. The van der Waals surface area contributed by atoms with Gasteiger partial charge in [-0.2, -0.15) is 0 Å². The molecule has 51 heavy (non-hydrogen) atoms. The van der Waals surface area contributed by atoms with Crippen LogP contribution in [-0.2, 0) is 0 Å². The Morgan fingerprint density at radius 3 is 1.86 bits per heavy atom. The topological polar surface area (TPSA) is 21.3 Å².